The first-order valence-electron chi connectivity index (χ1n) is 7.54. The summed E-state index contributed by atoms with van der Waals surface area (Å²) in [5, 5.41) is 6.48. The predicted molar refractivity (Wildman–Crippen MR) is 83.4 cm³/mol. The average molecular weight is 289 g/mol. The summed E-state index contributed by atoms with van der Waals surface area (Å²) < 4.78 is 5.58. The summed E-state index contributed by atoms with van der Waals surface area (Å²) in [5.74, 6) is 4.06. The maximum absolute atomic E-state index is 5.58. The second-order valence-corrected chi connectivity index (χ2v) is 4.76. The Kier molecular flexibility index (Phi) is 5.54. The Labute approximate surface area is 125 Å². The van der Waals surface area contributed by atoms with Gasteiger partial charge in [-0.05, 0) is 13.3 Å². The van der Waals surface area contributed by atoms with Gasteiger partial charge in [0.15, 0.2) is 0 Å². The second-order valence-electron chi connectivity index (χ2n) is 4.76. The van der Waals surface area contributed by atoms with E-state index in [0.29, 0.717) is 12.4 Å². The molecule has 0 fully saturated rings. The molecule has 6 heteroatoms. The van der Waals surface area contributed by atoms with Gasteiger partial charge in [0.05, 0.1) is 12.7 Å². The minimum Gasteiger partial charge on any atom is -0.444 e. The highest BCUT2D eigenvalue weighted by Gasteiger charge is 2.06. The number of aromatic nitrogens is 3. The third kappa shape index (κ3) is 4.44. The van der Waals surface area contributed by atoms with E-state index in [2.05, 4.69) is 32.5 Å². The summed E-state index contributed by atoms with van der Waals surface area (Å²) in [6.07, 6.45) is 4.51. The quantitative estimate of drug-likeness (QED) is 0.778. The summed E-state index contributed by atoms with van der Waals surface area (Å²) in [6.45, 7) is 7.57. The number of hydrogen-bond acceptors (Lipinski definition) is 6. The van der Waals surface area contributed by atoms with Gasteiger partial charge < -0.3 is 15.1 Å². The Hall–Kier alpha value is -2.11. The van der Waals surface area contributed by atoms with Crippen LogP contribution in [0.25, 0.3) is 0 Å². The Morgan fingerprint density at radius 2 is 1.86 bits per heavy atom. The molecule has 2 aromatic rings. The molecular formula is C15H23N5O. The van der Waals surface area contributed by atoms with Crippen LogP contribution in [0.1, 0.15) is 44.7 Å². The zero-order valence-corrected chi connectivity index (χ0v) is 12.9. The van der Waals surface area contributed by atoms with Crippen molar-refractivity contribution in [1.29, 1.82) is 0 Å². The summed E-state index contributed by atoms with van der Waals surface area (Å²) >= 11 is 0. The number of anilines is 2. The Morgan fingerprint density at radius 3 is 2.48 bits per heavy atom. The first-order valence-corrected chi connectivity index (χ1v) is 7.54. The fourth-order valence-corrected chi connectivity index (χ4v) is 1.95. The van der Waals surface area contributed by atoms with Gasteiger partial charge in [0.1, 0.15) is 23.2 Å². The lowest BCUT2D eigenvalue weighted by Crippen LogP contribution is -2.08. The highest BCUT2D eigenvalue weighted by Crippen LogP contribution is 2.14. The van der Waals surface area contributed by atoms with Crippen LogP contribution in [-0.4, -0.2) is 21.5 Å². The van der Waals surface area contributed by atoms with Crippen molar-refractivity contribution in [2.24, 2.45) is 0 Å². The van der Waals surface area contributed by atoms with E-state index < -0.39 is 0 Å². The average Bonchev–Trinajstić information content (AvgIpc) is 2.94. The number of nitrogens with zero attached hydrogens (tertiary/aromatic N) is 3. The summed E-state index contributed by atoms with van der Waals surface area (Å²) in [6, 6.07) is 1.91. The molecule has 0 aliphatic rings. The molecule has 0 radical (unpaired) electrons. The minimum atomic E-state index is 0.522. The first-order chi connectivity index (χ1) is 10.2. The lowest BCUT2D eigenvalue weighted by atomic mass is 10.3. The van der Waals surface area contributed by atoms with Gasteiger partial charge in [0.2, 0.25) is 5.89 Å². The fourth-order valence-electron chi connectivity index (χ4n) is 1.95. The highest BCUT2D eigenvalue weighted by atomic mass is 16.4. The van der Waals surface area contributed by atoms with Crippen molar-refractivity contribution in [3.63, 3.8) is 0 Å². The van der Waals surface area contributed by atoms with Crippen LogP contribution in [0.15, 0.2) is 16.7 Å². The van der Waals surface area contributed by atoms with Crippen LogP contribution in [0.4, 0.5) is 11.6 Å². The maximum Gasteiger partial charge on any atom is 0.213 e. The van der Waals surface area contributed by atoms with Crippen LogP contribution < -0.4 is 10.6 Å². The number of hydrogen-bond donors (Lipinski definition) is 2. The molecule has 0 aliphatic heterocycles. The van der Waals surface area contributed by atoms with Crippen LogP contribution in [0.5, 0.6) is 0 Å². The van der Waals surface area contributed by atoms with Crippen LogP contribution in [0, 0.1) is 0 Å². The molecule has 0 aliphatic carbocycles. The SMILES string of the molecule is CCCc1nc(NCC)cc(NCc2ncc(CC)o2)n1. The van der Waals surface area contributed by atoms with Gasteiger partial charge >= 0.3 is 0 Å². The topological polar surface area (TPSA) is 75.9 Å². The molecule has 21 heavy (non-hydrogen) atoms. The van der Waals surface area contributed by atoms with Crippen LogP contribution in [-0.2, 0) is 19.4 Å². The lowest BCUT2D eigenvalue weighted by molar-refractivity contribution is 0.465. The van der Waals surface area contributed by atoms with Gasteiger partial charge in [-0.1, -0.05) is 13.8 Å². The Morgan fingerprint density at radius 1 is 1.10 bits per heavy atom. The van der Waals surface area contributed by atoms with Crippen molar-refractivity contribution >= 4 is 11.6 Å². The molecule has 0 saturated carbocycles. The maximum atomic E-state index is 5.58. The zero-order chi connectivity index (χ0) is 15.1. The molecule has 2 aromatic heterocycles. The molecule has 0 aromatic carbocycles. The molecule has 0 spiro atoms. The summed E-state index contributed by atoms with van der Waals surface area (Å²) in [5.41, 5.74) is 0. The number of rotatable bonds is 8. The lowest BCUT2D eigenvalue weighted by Gasteiger charge is -2.09. The Bertz CT molecular complexity index is 543. The van der Waals surface area contributed by atoms with Gasteiger partial charge in [-0.15, -0.1) is 0 Å². The molecule has 114 valence electrons. The van der Waals surface area contributed by atoms with Crippen molar-refractivity contribution in [1.82, 2.24) is 15.0 Å². The van der Waals surface area contributed by atoms with Gasteiger partial charge in [0, 0.05) is 25.5 Å². The molecule has 0 unspecified atom stereocenters. The Balaban J connectivity index is 2.06. The van der Waals surface area contributed by atoms with Crippen molar-refractivity contribution in [3.05, 3.63) is 29.7 Å². The third-order valence-electron chi connectivity index (χ3n) is 2.97. The van der Waals surface area contributed by atoms with E-state index in [1.165, 1.54) is 0 Å². The van der Waals surface area contributed by atoms with E-state index in [9.17, 15) is 0 Å². The molecule has 2 heterocycles. The molecule has 0 bridgehead atoms. The monoisotopic (exact) mass is 289 g/mol. The molecule has 2 N–H and O–H groups in total. The van der Waals surface area contributed by atoms with E-state index in [-0.39, 0.29) is 0 Å². The second kappa shape index (κ2) is 7.61. The van der Waals surface area contributed by atoms with E-state index in [1.54, 1.807) is 6.20 Å². The minimum absolute atomic E-state index is 0.522. The van der Waals surface area contributed by atoms with Gasteiger partial charge in [-0.25, -0.2) is 15.0 Å². The van der Waals surface area contributed by atoms with Crippen molar-refractivity contribution in [3.8, 4) is 0 Å². The van der Waals surface area contributed by atoms with Crippen LogP contribution in [0.3, 0.4) is 0 Å². The predicted octanol–water partition coefficient (Wildman–Crippen LogP) is 3.02. The van der Waals surface area contributed by atoms with Gasteiger partial charge in [0.25, 0.3) is 0 Å². The van der Waals surface area contributed by atoms with Crippen molar-refractivity contribution in [2.45, 2.75) is 46.6 Å². The molecule has 0 saturated heterocycles. The van der Waals surface area contributed by atoms with E-state index >= 15 is 0 Å². The number of oxazole rings is 1. The molecule has 0 amide bonds. The van der Waals surface area contributed by atoms with E-state index in [4.69, 9.17) is 4.42 Å². The normalized spacial score (nSPS) is 10.6. The van der Waals surface area contributed by atoms with Gasteiger partial charge in [-0.3, -0.25) is 0 Å². The zero-order valence-electron chi connectivity index (χ0n) is 12.9. The fraction of sp³-hybridized carbons (Fsp3) is 0.533. The van der Waals surface area contributed by atoms with Crippen LogP contribution in [0.2, 0.25) is 0 Å². The van der Waals surface area contributed by atoms with Crippen LogP contribution >= 0.6 is 0 Å². The highest BCUT2D eigenvalue weighted by molar-refractivity contribution is 5.47. The third-order valence-corrected chi connectivity index (χ3v) is 2.97. The molecular weight excluding hydrogens is 266 g/mol. The first kappa shape index (κ1) is 15.3. The number of nitrogens with one attached hydrogen (secondary N) is 2. The molecule has 2 rings (SSSR count). The molecule has 6 nitrogen and oxygen atoms in total. The van der Waals surface area contributed by atoms with Crippen molar-refractivity contribution < 1.29 is 4.42 Å². The largest absolute Gasteiger partial charge is 0.444 e. The molecule has 0 atom stereocenters. The van der Waals surface area contributed by atoms with Gasteiger partial charge in [-0.2, -0.15) is 0 Å². The van der Waals surface area contributed by atoms with Crippen molar-refractivity contribution in [2.75, 3.05) is 17.2 Å². The smallest absolute Gasteiger partial charge is 0.213 e. The van der Waals surface area contributed by atoms with E-state index in [1.807, 2.05) is 19.9 Å². The number of aryl methyl sites for hydroxylation is 2. The van der Waals surface area contributed by atoms with E-state index in [0.717, 1.165) is 49.0 Å². The summed E-state index contributed by atoms with van der Waals surface area (Å²) in [7, 11) is 0. The standard InChI is InChI=1S/C15H23N5O/c1-4-7-12-19-13(16-6-3)8-14(20-12)17-10-15-18-9-11(5-2)21-15/h8-9H,4-7,10H2,1-3H3,(H2,16,17,19,20). The summed E-state index contributed by atoms with van der Waals surface area (Å²) in [4.78, 5) is 13.2.